The third-order valence-corrected chi connectivity index (χ3v) is 4.78. The minimum atomic E-state index is -0.439. The van der Waals surface area contributed by atoms with Crippen molar-refractivity contribution >= 4 is 62.3 Å². The summed E-state index contributed by atoms with van der Waals surface area (Å²) in [5.41, 5.74) is 1.37. The third kappa shape index (κ3) is 3.59. The molecule has 0 spiro atoms. The Morgan fingerprint density at radius 1 is 1.04 bits per heavy atom. The molecule has 0 aliphatic heterocycles. The van der Waals surface area contributed by atoms with Crippen molar-refractivity contribution in [3.63, 3.8) is 0 Å². The van der Waals surface area contributed by atoms with Crippen LogP contribution in [0.2, 0.25) is 15.1 Å². The summed E-state index contributed by atoms with van der Waals surface area (Å²) < 4.78 is 6.00. The number of nitrogens with zero attached hydrogens (tertiary/aromatic N) is 1. The molecule has 1 amide bonds. The van der Waals surface area contributed by atoms with Crippen LogP contribution >= 0.6 is 50.7 Å². The van der Waals surface area contributed by atoms with Gasteiger partial charge in [0.2, 0.25) is 5.76 Å². The van der Waals surface area contributed by atoms with Crippen LogP contribution in [-0.4, -0.2) is 11.1 Å². The van der Waals surface area contributed by atoms with Crippen LogP contribution in [0.15, 0.2) is 51.5 Å². The molecule has 0 saturated heterocycles. The van der Waals surface area contributed by atoms with Crippen LogP contribution in [0.4, 0.5) is 5.69 Å². The highest BCUT2D eigenvalue weighted by Crippen LogP contribution is 2.38. The Morgan fingerprint density at radius 2 is 1.71 bits per heavy atom. The molecule has 3 rings (SSSR count). The van der Waals surface area contributed by atoms with Gasteiger partial charge in [0, 0.05) is 21.8 Å². The zero-order valence-electron chi connectivity index (χ0n) is 11.8. The highest BCUT2D eigenvalue weighted by molar-refractivity contribution is 9.10. The third-order valence-electron chi connectivity index (χ3n) is 3.14. The number of hydrogen-bond acceptors (Lipinski definition) is 3. The van der Waals surface area contributed by atoms with Gasteiger partial charge >= 0.3 is 0 Å². The number of halogens is 4. The number of carbonyl (C=O) groups is 1. The van der Waals surface area contributed by atoms with E-state index in [0.717, 1.165) is 4.47 Å². The number of anilines is 1. The molecule has 0 saturated carbocycles. The summed E-state index contributed by atoms with van der Waals surface area (Å²) >= 11 is 21.6. The molecule has 8 heteroatoms. The Bertz CT molecular complexity index is 910. The van der Waals surface area contributed by atoms with E-state index in [-0.39, 0.29) is 10.8 Å². The smallest absolute Gasteiger partial charge is 0.294 e. The molecular weight excluding hydrogens is 438 g/mol. The summed E-state index contributed by atoms with van der Waals surface area (Å²) in [4.78, 5) is 12.2. The SMILES string of the molecule is O=C(Nc1ccc(Br)cc1)c1cc(-c2c(Cl)ccc(Cl)c2Cl)no1. The molecule has 1 N–H and O–H groups in total. The minimum absolute atomic E-state index is 0.0278. The van der Waals surface area contributed by atoms with Gasteiger partial charge in [0.05, 0.1) is 15.1 Å². The largest absolute Gasteiger partial charge is 0.350 e. The molecule has 122 valence electrons. The molecule has 24 heavy (non-hydrogen) atoms. The number of benzene rings is 2. The second-order valence-corrected chi connectivity index (χ2v) is 6.86. The Hall–Kier alpha value is -1.53. The fourth-order valence-electron chi connectivity index (χ4n) is 1.99. The van der Waals surface area contributed by atoms with Gasteiger partial charge in [0.1, 0.15) is 5.69 Å². The minimum Gasteiger partial charge on any atom is -0.350 e. The van der Waals surface area contributed by atoms with Crippen molar-refractivity contribution in [2.24, 2.45) is 0 Å². The van der Waals surface area contributed by atoms with E-state index in [1.807, 2.05) is 12.1 Å². The fourth-order valence-corrected chi connectivity index (χ4v) is 2.97. The summed E-state index contributed by atoms with van der Waals surface area (Å²) in [6.07, 6.45) is 0. The van der Waals surface area contributed by atoms with Crippen molar-refractivity contribution in [1.29, 1.82) is 0 Å². The van der Waals surface area contributed by atoms with Gasteiger partial charge in [0.15, 0.2) is 0 Å². The van der Waals surface area contributed by atoms with E-state index in [0.29, 0.717) is 27.0 Å². The second-order valence-electron chi connectivity index (χ2n) is 4.76. The first-order valence-electron chi connectivity index (χ1n) is 6.63. The van der Waals surface area contributed by atoms with E-state index < -0.39 is 5.91 Å². The molecule has 0 aliphatic rings. The van der Waals surface area contributed by atoms with Crippen molar-refractivity contribution in [2.45, 2.75) is 0 Å². The van der Waals surface area contributed by atoms with Crippen molar-refractivity contribution in [3.05, 3.63) is 67.8 Å². The topological polar surface area (TPSA) is 55.1 Å². The molecule has 2 aromatic carbocycles. The second kappa shape index (κ2) is 7.15. The number of hydrogen-bond donors (Lipinski definition) is 1. The van der Waals surface area contributed by atoms with Crippen LogP contribution in [0.3, 0.4) is 0 Å². The number of amides is 1. The standard InChI is InChI=1S/C16H8BrCl3N2O2/c17-8-1-3-9(4-2-8)21-16(23)13-7-12(22-24-13)14-10(18)5-6-11(19)15(14)20/h1-7H,(H,21,23). The van der Waals surface area contributed by atoms with Crippen molar-refractivity contribution < 1.29 is 9.32 Å². The molecule has 0 atom stereocenters. The molecule has 0 fully saturated rings. The van der Waals surface area contributed by atoms with Gasteiger partial charge in [-0.25, -0.2) is 0 Å². The predicted octanol–water partition coefficient (Wildman–Crippen LogP) is 6.32. The van der Waals surface area contributed by atoms with Gasteiger partial charge in [-0.1, -0.05) is 55.9 Å². The fraction of sp³-hybridized carbons (Fsp3) is 0. The lowest BCUT2D eigenvalue weighted by Crippen LogP contribution is -2.10. The van der Waals surface area contributed by atoms with E-state index in [9.17, 15) is 4.79 Å². The zero-order chi connectivity index (χ0) is 17.3. The van der Waals surface area contributed by atoms with Gasteiger partial charge in [-0.05, 0) is 36.4 Å². The van der Waals surface area contributed by atoms with Crippen molar-refractivity contribution in [3.8, 4) is 11.3 Å². The van der Waals surface area contributed by atoms with Gasteiger partial charge in [-0.3, -0.25) is 4.79 Å². The highest BCUT2D eigenvalue weighted by atomic mass is 79.9. The monoisotopic (exact) mass is 444 g/mol. The first kappa shape index (κ1) is 17.3. The Kier molecular flexibility index (Phi) is 5.15. The molecule has 3 aromatic rings. The molecule has 0 radical (unpaired) electrons. The highest BCUT2D eigenvalue weighted by Gasteiger charge is 2.19. The van der Waals surface area contributed by atoms with E-state index in [4.69, 9.17) is 39.3 Å². The lowest BCUT2D eigenvalue weighted by molar-refractivity contribution is 0.0988. The van der Waals surface area contributed by atoms with E-state index >= 15 is 0 Å². The van der Waals surface area contributed by atoms with E-state index in [2.05, 4.69) is 26.4 Å². The average Bonchev–Trinajstić information content (AvgIpc) is 3.03. The number of aromatic nitrogens is 1. The zero-order valence-corrected chi connectivity index (χ0v) is 15.7. The Labute approximate surface area is 160 Å². The van der Waals surface area contributed by atoms with Gasteiger partial charge in [-0.2, -0.15) is 0 Å². The lowest BCUT2D eigenvalue weighted by Gasteiger charge is -2.04. The normalized spacial score (nSPS) is 10.7. The molecular formula is C16H8BrCl3N2O2. The van der Waals surface area contributed by atoms with Crippen LogP contribution in [0.25, 0.3) is 11.3 Å². The Balaban J connectivity index is 1.87. The maximum absolute atomic E-state index is 12.2. The summed E-state index contributed by atoms with van der Waals surface area (Å²) in [6.45, 7) is 0. The number of nitrogens with one attached hydrogen (secondary N) is 1. The van der Waals surface area contributed by atoms with Gasteiger partial charge < -0.3 is 9.84 Å². The Morgan fingerprint density at radius 3 is 2.42 bits per heavy atom. The number of rotatable bonds is 3. The van der Waals surface area contributed by atoms with Crippen LogP contribution < -0.4 is 5.32 Å². The van der Waals surface area contributed by atoms with Crippen LogP contribution in [0.1, 0.15) is 10.6 Å². The maximum Gasteiger partial charge on any atom is 0.294 e. The van der Waals surface area contributed by atoms with E-state index in [1.54, 1.807) is 24.3 Å². The number of carbonyl (C=O) groups excluding carboxylic acids is 1. The van der Waals surface area contributed by atoms with Crippen molar-refractivity contribution in [1.82, 2.24) is 5.16 Å². The van der Waals surface area contributed by atoms with Crippen LogP contribution in [0.5, 0.6) is 0 Å². The van der Waals surface area contributed by atoms with Gasteiger partial charge in [0.25, 0.3) is 5.91 Å². The quantitative estimate of drug-likeness (QED) is 0.479. The molecule has 0 bridgehead atoms. The molecule has 1 aromatic heterocycles. The first-order chi connectivity index (χ1) is 11.5. The van der Waals surface area contributed by atoms with Gasteiger partial charge in [-0.15, -0.1) is 0 Å². The van der Waals surface area contributed by atoms with Crippen LogP contribution in [-0.2, 0) is 0 Å². The van der Waals surface area contributed by atoms with E-state index in [1.165, 1.54) is 6.07 Å². The summed E-state index contributed by atoms with van der Waals surface area (Å²) in [7, 11) is 0. The average molecular weight is 447 g/mol. The maximum atomic E-state index is 12.2. The first-order valence-corrected chi connectivity index (χ1v) is 8.56. The van der Waals surface area contributed by atoms with Crippen molar-refractivity contribution in [2.75, 3.05) is 5.32 Å². The predicted molar refractivity (Wildman–Crippen MR) is 99.1 cm³/mol. The summed E-state index contributed by atoms with van der Waals surface area (Å²) in [5, 5.41) is 7.50. The summed E-state index contributed by atoms with van der Waals surface area (Å²) in [6, 6.07) is 11.8. The molecule has 0 aliphatic carbocycles. The molecule has 0 unspecified atom stereocenters. The molecule has 4 nitrogen and oxygen atoms in total. The summed E-state index contributed by atoms with van der Waals surface area (Å²) in [5.74, 6) is -0.412. The lowest BCUT2D eigenvalue weighted by atomic mass is 10.1. The molecule has 1 heterocycles. The van der Waals surface area contributed by atoms with Crippen LogP contribution in [0, 0.1) is 0 Å².